The summed E-state index contributed by atoms with van der Waals surface area (Å²) in [5.74, 6) is -0.736. The van der Waals surface area contributed by atoms with Gasteiger partial charge in [0.2, 0.25) is 0 Å². The molecule has 0 aliphatic carbocycles. The number of sulfone groups is 1. The maximum atomic E-state index is 12.1. The fraction of sp³-hybridized carbons (Fsp3) is 0.500. The van der Waals surface area contributed by atoms with Crippen LogP contribution >= 0.6 is 11.3 Å². The number of ether oxygens (including phenoxy) is 1. The van der Waals surface area contributed by atoms with E-state index < -0.39 is 15.8 Å². The maximum absolute atomic E-state index is 12.1. The van der Waals surface area contributed by atoms with E-state index in [1.807, 2.05) is 24.3 Å². The molecular formula is C18H22N2O5S2. The SMILES string of the molecule is CN(C(=O)COC(=O)CCCc1nc2ccccc2s1)[C@H]1CCS(=O)(=O)C1. The molecule has 2 heterocycles. The summed E-state index contributed by atoms with van der Waals surface area (Å²) in [5, 5.41) is 0.974. The summed E-state index contributed by atoms with van der Waals surface area (Å²) >= 11 is 1.61. The summed E-state index contributed by atoms with van der Waals surface area (Å²) in [5.41, 5.74) is 0.961. The van der Waals surface area contributed by atoms with Gasteiger partial charge in [-0.15, -0.1) is 11.3 Å². The summed E-state index contributed by atoms with van der Waals surface area (Å²) in [6.45, 7) is -0.354. The van der Waals surface area contributed by atoms with Crippen molar-refractivity contribution in [3.8, 4) is 0 Å². The highest BCUT2D eigenvalue weighted by atomic mass is 32.2. The molecule has 0 unspecified atom stereocenters. The summed E-state index contributed by atoms with van der Waals surface area (Å²) in [4.78, 5) is 29.8. The zero-order chi connectivity index (χ0) is 19.4. The lowest BCUT2D eigenvalue weighted by molar-refractivity contribution is -0.152. The Morgan fingerprint density at radius 2 is 2.11 bits per heavy atom. The number of esters is 1. The fourth-order valence-electron chi connectivity index (χ4n) is 3.01. The summed E-state index contributed by atoms with van der Waals surface area (Å²) in [6.07, 6.45) is 1.93. The number of rotatable bonds is 7. The summed E-state index contributed by atoms with van der Waals surface area (Å²) in [6, 6.07) is 7.55. The van der Waals surface area contributed by atoms with Crippen molar-refractivity contribution in [2.24, 2.45) is 0 Å². The van der Waals surface area contributed by atoms with E-state index in [1.165, 1.54) is 4.90 Å². The van der Waals surface area contributed by atoms with Crippen LogP contribution in [0.2, 0.25) is 0 Å². The molecule has 1 aliphatic rings. The van der Waals surface area contributed by atoms with Gasteiger partial charge in [-0.3, -0.25) is 9.59 Å². The number of thiazole rings is 1. The number of aryl methyl sites for hydroxylation is 1. The average Bonchev–Trinajstić information content (AvgIpc) is 3.21. The normalized spacial score (nSPS) is 18.5. The Labute approximate surface area is 162 Å². The topological polar surface area (TPSA) is 93.6 Å². The van der Waals surface area contributed by atoms with E-state index in [9.17, 15) is 18.0 Å². The van der Waals surface area contributed by atoms with Crippen LogP contribution in [0.15, 0.2) is 24.3 Å². The van der Waals surface area contributed by atoms with Crippen LogP contribution < -0.4 is 0 Å². The van der Waals surface area contributed by atoms with Crippen LogP contribution in [-0.2, 0) is 30.6 Å². The van der Waals surface area contributed by atoms with E-state index in [1.54, 1.807) is 18.4 Å². The van der Waals surface area contributed by atoms with Crippen molar-refractivity contribution in [1.82, 2.24) is 9.88 Å². The predicted octanol–water partition coefficient (Wildman–Crippen LogP) is 1.81. The Morgan fingerprint density at radius 3 is 2.81 bits per heavy atom. The molecule has 1 amide bonds. The van der Waals surface area contributed by atoms with Crippen molar-refractivity contribution < 1.29 is 22.7 Å². The molecule has 7 nitrogen and oxygen atoms in total. The smallest absolute Gasteiger partial charge is 0.306 e. The first-order valence-electron chi connectivity index (χ1n) is 8.80. The molecule has 0 spiro atoms. The molecule has 1 aromatic heterocycles. The summed E-state index contributed by atoms with van der Waals surface area (Å²) < 4.78 is 29.2. The molecule has 27 heavy (non-hydrogen) atoms. The van der Waals surface area contributed by atoms with Gasteiger partial charge in [-0.2, -0.15) is 0 Å². The van der Waals surface area contributed by atoms with E-state index in [0.717, 1.165) is 15.2 Å². The number of likely N-dealkylation sites (N-methyl/N-ethyl adjacent to an activating group) is 1. The number of fused-ring (bicyclic) bond motifs is 1. The zero-order valence-electron chi connectivity index (χ0n) is 15.1. The van der Waals surface area contributed by atoms with Crippen molar-refractivity contribution in [3.63, 3.8) is 0 Å². The molecule has 1 aliphatic heterocycles. The third-order valence-electron chi connectivity index (χ3n) is 4.62. The van der Waals surface area contributed by atoms with Crippen molar-refractivity contribution in [2.45, 2.75) is 31.7 Å². The van der Waals surface area contributed by atoms with E-state index in [-0.39, 0.29) is 36.5 Å². The number of amides is 1. The van der Waals surface area contributed by atoms with Gasteiger partial charge in [-0.1, -0.05) is 12.1 Å². The van der Waals surface area contributed by atoms with E-state index in [4.69, 9.17) is 4.74 Å². The first-order chi connectivity index (χ1) is 12.8. The van der Waals surface area contributed by atoms with Gasteiger partial charge in [0.25, 0.3) is 5.91 Å². The lowest BCUT2D eigenvalue weighted by Crippen LogP contribution is -2.40. The average molecular weight is 411 g/mol. The van der Waals surface area contributed by atoms with Crippen LogP contribution in [0, 0.1) is 0 Å². The van der Waals surface area contributed by atoms with E-state index in [0.29, 0.717) is 19.3 Å². The van der Waals surface area contributed by atoms with Gasteiger partial charge in [0.05, 0.1) is 26.7 Å². The molecule has 3 rings (SSSR count). The van der Waals surface area contributed by atoms with Crippen molar-refractivity contribution in [3.05, 3.63) is 29.3 Å². The van der Waals surface area contributed by atoms with Crippen LogP contribution in [-0.4, -0.2) is 61.4 Å². The van der Waals surface area contributed by atoms with Gasteiger partial charge in [0, 0.05) is 19.5 Å². The quantitative estimate of drug-likeness (QED) is 0.646. The van der Waals surface area contributed by atoms with Crippen LogP contribution in [0.3, 0.4) is 0 Å². The Morgan fingerprint density at radius 1 is 1.33 bits per heavy atom. The molecule has 0 N–H and O–H groups in total. The minimum absolute atomic E-state index is 0.0225. The molecule has 9 heteroatoms. The van der Waals surface area contributed by atoms with Gasteiger partial charge < -0.3 is 9.64 Å². The minimum Gasteiger partial charge on any atom is -0.456 e. The Bertz CT molecular complexity index is 905. The van der Waals surface area contributed by atoms with Crippen LogP contribution in [0.5, 0.6) is 0 Å². The molecule has 146 valence electrons. The Kier molecular flexibility index (Phi) is 6.11. The number of para-hydroxylation sites is 1. The van der Waals surface area contributed by atoms with Crippen molar-refractivity contribution >= 4 is 43.3 Å². The third kappa shape index (κ3) is 5.26. The van der Waals surface area contributed by atoms with Gasteiger partial charge in [-0.25, -0.2) is 13.4 Å². The largest absolute Gasteiger partial charge is 0.456 e. The number of aromatic nitrogens is 1. The third-order valence-corrected chi connectivity index (χ3v) is 7.46. The van der Waals surface area contributed by atoms with E-state index >= 15 is 0 Å². The lowest BCUT2D eigenvalue weighted by atomic mass is 10.2. The van der Waals surface area contributed by atoms with E-state index in [2.05, 4.69) is 4.98 Å². The molecule has 1 atom stereocenters. The predicted molar refractivity (Wildman–Crippen MR) is 103 cm³/mol. The monoisotopic (exact) mass is 410 g/mol. The maximum Gasteiger partial charge on any atom is 0.306 e. The lowest BCUT2D eigenvalue weighted by Gasteiger charge is -2.23. The fourth-order valence-corrected chi connectivity index (χ4v) is 5.79. The number of carbonyl (C=O) groups is 2. The molecule has 0 saturated carbocycles. The van der Waals surface area contributed by atoms with Gasteiger partial charge >= 0.3 is 5.97 Å². The minimum atomic E-state index is -3.06. The molecule has 1 aromatic carbocycles. The second kappa shape index (κ2) is 8.35. The first-order valence-corrected chi connectivity index (χ1v) is 11.4. The van der Waals surface area contributed by atoms with Crippen LogP contribution in [0.1, 0.15) is 24.3 Å². The molecule has 1 saturated heterocycles. The highest BCUT2D eigenvalue weighted by Gasteiger charge is 2.32. The molecule has 2 aromatic rings. The number of carbonyl (C=O) groups excluding carboxylic acids is 2. The standard InChI is InChI=1S/C18H22N2O5S2/c1-20(13-9-10-27(23,24)12-13)17(21)11-25-18(22)8-4-7-16-19-14-5-2-3-6-15(14)26-16/h2-3,5-6,13H,4,7-12H2,1H3/t13-/m0/s1. The first kappa shape index (κ1) is 19.8. The second-order valence-corrected chi connectivity index (χ2v) is 9.99. The van der Waals surface area contributed by atoms with Crippen LogP contribution in [0.25, 0.3) is 10.2 Å². The highest BCUT2D eigenvalue weighted by molar-refractivity contribution is 7.91. The number of hydrogen-bond donors (Lipinski definition) is 0. The van der Waals surface area contributed by atoms with Crippen LogP contribution in [0.4, 0.5) is 0 Å². The van der Waals surface area contributed by atoms with Gasteiger partial charge in [0.15, 0.2) is 16.4 Å². The van der Waals surface area contributed by atoms with Crippen molar-refractivity contribution in [1.29, 1.82) is 0 Å². The molecule has 0 bridgehead atoms. The van der Waals surface area contributed by atoms with Crippen molar-refractivity contribution in [2.75, 3.05) is 25.2 Å². The molecule has 1 fully saturated rings. The van der Waals surface area contributed by atoms with Gasteiger partial charge in [-0.05, 0) is 31.4 Å². The highest BCUT2D eigenvalue weighted by Crippen LogP contribution is 2.22. The number of nitrogens with zero attached hydrogens (tertiary/aromatic N) is 2. The molecular weight excluding hydrogens is 388 g/mol. The van der Waals surface area contributed by atoms with Gasteiger partial charge in [0.1, 0.15) is 0 Å². The second-order valence-electron chi connectivity index (χ2n) is 6.65. The number of benzene rings is 1. The Balaban J connectivity index is 1.38. The summed E-state index contributed by atoms with van der Waals surface area (Å²) in [7, 11) is -1.51. The number of hydrogen-bond acceptors (Lipinski definition) is 7. The molecule has 0 radical (unpaired) electrons. The zero-order valence-corrected chi connectivity index (χ0v) is 16.7. The Hall–Kier alpha value is -2.00.